The van der Waals surface area contributed by atoms with Crippen LogP contribution in [0.2, 0.25) is 0 Å². The summed E-state index contributed by atoms with van der Waals surface area (Å²) in [6.07, 6.45) is 1.24. The Balaban J connectivity index is 2.25. The van der Waals surface area contributed by atoms with E-state index in [2.05, 4.69) is 15.6 Å². The van der Waals surface area contributed by atoms with Crippen LogP contribution in [0.5, 0.6) is 0 Å². The molecule has 0 saturated carbocycles. The Morgan fingerprint density at radius 1 is 1.35 bits per heavy atom. The Kier molecular flexibility index (Phi) is 8.81. The molecule has 4 N–H and O–H groups in total. The summed E-state index contributed by atoms with van der Waals surface area (Å²) >= 11 is 0. The highest BCUT2D eigenvalue weighted by atomic mass is 16.6. The van der Waals surface area contributed by atoms with Gasteiger partial charge in [0.25, 0.3) is 0 Å². The number of amides is 2. The van der Waals surface area contributed by atoms with Crippen LogP contribution in [-0.2, 0) is 14.3 Å². The predicted octanol–water partition coefficient (Wildman–Crippen LogP) is -0.726. The average Bonchev–Trinajstić information content (AvgIpc) is 2.54. The Morgan fingerprint density at radius 2 is 2.04 bits per heavy atom. The van der Waals surface area contributed by atoms with Gasteiger partial charge >= 0.3 is 6.09 Å². The van der Waals surface area contributed by atoms with E-state index in [4.69, 9.17) is 15.2 Å². The lowest BCUT2D eigenvalue weighted by atomic mass is 10.1. The van der Waals surface area contributed by atoms with Gasteiger partial charge in [0.15, 0.2) is 5.96 Å². The van der Waals surface area contributed by atoms with Crippen molar-refractivity contribution < 1.29 is 19.1 Å². The first-order valence-corrected chi connectivity index (χ1v) is 7.80. The molecule has 0 aromatic rings. The van der Waals surface area contributed by atoms with Crippen LogP contribution in [0.4, 0.5) is 4.79 Å². The maximum Gasteiger partial charge on any atom is 0.409 e. The van der Waals surface area contributed by atoms with Gasteiger partial charge in [0.1, 0.15) is 6.54 Å². The average molecular weight is 329 g/mol. The molecule has 0 radical (unpaired) electrons. The molecule has 0 bridgehead atoms. The van der Waals surface area contributed by atoms with Gasteiger partial charge in [-0.05, 0) is 19.8 Å². The third-order valence-corrected chi connectivity index (χ3v) is 3.39. The van der Waals surface area contributed by atoms with Crippen LogP contribution in [0, 0.1) is 0 Å². The number of methoxy groups -OCH3 is 1. The molecule has 1 saturated heterocycles. The van der Waals surface area contributed by atoms with Gasteiger partial charge < -0.3 is 30.7 Å². The molecule has 0 aliphatic carbocycles. The first-order chi connectivity index (χ1) is 11.1. The zero-order chi connectivity index (χ0) is 17.1. The minimum absolute atomic E-state index is 0.0236. The quantitative estimate of drug-likeness (QED) is 0.322. The number of guanidine groups is 1. The number of carbonyl (C=O) groups excluding carboxylic acids is 2. The fourth-order valence-electron chi connectivity index (χ4n) is 2.18. The summed E-state index contributed by atoms with van der Waals surface area (Å²) in [6.45, 7) is 4.28. The van der Waals surface area contributed by atoms with Crippen LogP contribution >= 0.6 is 0 Å². The van der Waals surface area contributed by atoms with Crippen LogP contribution in [0.25, 0.3) is 0 Å². The van der Waals surface area contributed by atoms with Gasteiger partial charge in [-0.15, -0.1) is 0 Å². The van der Waals surface area contributed by atoms with Crippen LogP contribution in [0.15, 0.2) is 4.99 Å². The monoisotopic (exact) mass is 329 g/mol. The van der Waals surface area contributed by atoms with E-state index in [0.29, 0.717) is 32.8 Å². The number of carbonyl (C=O) groups is 2. The van der Waals surface area contributed by atoms with E-state index in [-0.39, 0.29) is 30.5 Å². The first kappa shape index (κ1) is 19.0. The molecular weight excluding hydrogens is 302 g/mol. The van der Waals surface area contributed by atoms with Gasteiger partial charge in [-0.3, -0.25) is 4.79 Å². The van der Waals surface area contributed by atoms with E-state index in [1.54, 1.807) is 18.9 Å². The molecule has 0 unspecified atom stereocenters. The van der Waals surface area contributed by atoms with Crippen molar-refractivity contribution in [2.45, 2.75) is 25.8 Å². The zero-order valence-corrected chi connectivity index (χ0v) is 13.8. The summed E-state index contributed by atoms with van der Waals surface area (Å²) < 4.78 is 9.80. The molecule has 1 heterocycles. The molecule has 132 valence electrons. The molecular formula is C14H27N5O4. The number of aliphatic imine (C=N–C) groups is 1. The molecule has 0 aromatic carbocycles. The van der Waals surface area contributed by atoms with E-state index in [1.807, 2.05) is 0 Å². The SMILES string of the molecule is CCOC(=O)N1CCC(NC(N)=NCC(=O)NCCOC)CC1. The summed E-state index contributed by atoms with van der Waals surface area (Å²) in [5.74, 6) is 0.0328. The van der Waals surface area contributed by atoms with Gasteiger partial charge in [-0.1, -0.05) is 0 Å². The number of hydrogen-bond acceptors (Lipinski definition) is 5. The van der Waals surface area contributed by atoms with Gasteiger partial charge in [-0.2, -0.15) is 0 Å². The third kappa shape index (κ3) is 7.68. The fraction of sp³-hybridized carbons (Fsp3) is 0.786. The lowest BCUT2D eigenvalue weighted by molar-refractivity contribution is -0.119. The molecule has 1 aliphatic rings. The number of hydrogen-bond donors (Lipinski definition) is 3. The number of rotatable bonds is 7. The molecule has 9 heteroatoms. The molecule has 23 heavy (non-hydrogen) atoms. The molecule has 2 amide bonds. The minimum Gasteiger partial charge on any atom is -0.450 e. The van der Waals surface area contributed by atoms with E-state index < -0.39 is 0 Å². The van der Waals surface area contributed by atoms with E-state index in [9.17, 15) is 9.59 Å². The zero-order valence-electron chi connectivity index (χ0n) is 13.8. The Labute approximate surface area is 136 Å². The maximum absolute atomic E-state index is 11.6. The number of nitrogens with zero attached hydrogens (tertiary/aromatic N) is 2. The van der Waals surface area contributed by atoms with Crippen molar-refractivity contribution in [1.82, 2.24) is 15.5 Å². The summed E-state index contributed by atoms with van der Waals surface area (Å²) in [5, 5.41) is 5.74. The largest absolute Gasteiger partial charge is 0.450 e. The highest BCUT2D eigenvalue weighted by Gasteiger charge is 2.23. The van der Waals surface area contributed by atoms with Crippen molar-refractivity contribution in [3.05, 3.63) is 0 Å². The molecule has 1 aliphatic heterocycles. The normalized spacial score (nSPS) is 16.1. The second kappa shape index (κ2) is 10.7. The lowest BCUT2D eigenvalue weighted by Crippen LogP contribution is -2.48. The predicted molar refractivity (Wildman–Crippen MR) is 86.1 cm³/mol. The lowest BCUT2D eigenvalue weighted by Gasteiger charge is -2.31. The number of likely N-dealkylation sites (tertiary alicyclic amines) is 1. The minimum atomic E-state index is -0.277. The smallest absolute Gasteiger partial charge is 0.409 e. The first-order valence-electron chi connectivity index (χ1n) is 7.80. The van der Waals surface area contributed by atoms with Gasteiger partial charge in [-0.25, -0.2) is 9.79 Å². The van der Waals surface area contributed by atoms with E-state index >= 15 is 0 Å². The topological polar surface area (TPSA) is 118 Å². The Morgan fingerprint density at radius 3 is 2.65 bits per heavy atom. The summed E-state index contributed by atoms with van der Waals surface area (Å²) in [7, 11) is 1.57. The van der Waals surface area contributed by atoms with Crippen molar-refractivity contribution in [2.24, 2.45) is 10.7 Å². The van der Waals surface area contributed by atoms with Crippen molar-refractivity contribution in [3.63, 3.8) is 0 Å². The van der Waals surface area contributed by atoms with Crippen molar-refractivity contribution in [1.29, 1.82) is 0 Å². The third-order valence-electron chi connectivity index (χ3n) is 3.39. The summed E-state index contributed by atoms with van der Waals surface area (Å²) in [6, 6.07) is 0.140. The Bertz CT molecular complexity index is 408. The number of ether oxygens (including phenoxy) is 2. The maximum atomic E-state index is 11.6. The van der Waals surface area contributed by atoms with Gasteiger partial charge in [0.05, 0.1) is 13.2 Å². The standard InChI is InChI=1S/C14H27N5O4/c1-3-23-14(21)19-7-4-11(5-8-19)18-13(15)17-10-12(20)16-6-9-22-2/h11H,3-10H2,1-2H3,(H,16,20)(H3,15,17,18). The summed E-state index contributed by atoms with van der Waals surface area (Å²) in [5.41, 5.74) is 5.78. The van der Waals surface area contributed by atoms with Crippen LogP contribution in [0.3, 0.4) is 0 Å². The second-order valence-corrected chi connectivity index (χ2v) is 5.15. The Hall–Kier alpha value is -2.03. The van der Waals surface area contributed by atoms with Crippen molar-refractivity contribution >= 4 is 18.0 Å². The van der Waals surface area contributed by atoms with Crippen LogP contribution in [-0.4, -0.2) is 75.4 Å². The molecule has 9 nitrogen and oxygen atoms in total. The van der Waals surface area contributed by atoms with Crippen molar-refractivity contribution in [3.8, 4) is 0 Å². The fourth-order valence-corrected chi connectivity index (χ4v) is 2.18. The molecule has 0 atom stereocenters. The molecule has 0 spiro atoms. The van der Waals surface area contributed by atoms with Crippen molar-refractivity contribution in [2.75, 3.05) is 46.5 Å². The number of piperidine rings is 1. The molecule has 0 aromatic heterocycles. The summed E-state index contributed by atoms with van der Waals surface area (Å²) in [4.78, 5) is 28.8. The number of nitrogens with two attached hydrogens (primary N) is 1. The van der Waals surface area contributed by atoms with Crippen LogP contribution in [0.1, 0.15) is 19.8 Å². The van der Waals surface area contributed by atoms with E-state index in [1.165, 1.54) is 0 Å². The highest BCUT2D eigenvalue weighted by Crippen LogP contribution is 2.11. The van der Waals surface area contributed by atoms with Gasteiger partial charge in [0.2, 0.25) is 5.91 Å². The highest BCUT2D eigenvalue weighted by molar-refractivity contribution is 5.84. The number of nitrogens with one attached hydrogen (secondary N) is 2. The van der Waals surface area contributed by atoms with E-state index in [0.717, 1.165) is 12.8 Å². The van der Waals surface area contributed by atoms with Gasteiger partial charge in [0, 0.05) is 32.8 Å². The molecule has 1 fully saturated rings. The second-order valence-electron chi connectivity index (χ2n) is 5.15. The molecule has 1 rings (SSSR count). The van der Waals surface area contributed by atoms with Crippen LogP contribution < -0.4 is 16.4 Å².